The van der Waals surface area contributed by atoms with Gasteiger partial charge in [-0.3, -0.25) is 25.2 Å². The standard InChI is InChI=1S/C5H7N5O2/c1-10-3-2(7-9-8-3)4(11)6-5(10)12/h7-9H,1H3,(H,6,11,12). The molecule has 4 N–H and O–H groups in total. The zero-order valence-electron chi connectivity index (χ0n) is 6.26. The van der Waals surface area contributed by atoms with Gasteiger partial charge < -0.3 is 0 Å². The van der Waals surface area contributed by atoms with Crippen molar-refractivity contribution in [2.24, 2.45) is 7.05 Å². The van der Waals surface area contributed by atoms with Gasteiger partial charge in [0.25, 0.3) is 5.56 Å². The van der Waals surface area contributed by atoms with Crippen LogP contribution in [0.25, 0.3) is 0 Å². The number of hydrogen-bond donors (Lipinski definition) is 4. The molecule has 0 unspecified atom stereocenters. The number of nitrogens with one attached hydrogen (secondary N) is 4. The van der Waals surface area contributed by atoms with Gasteiger partial charge in [0.1, 0.15) is 0 Å². The van der Waals surface area contributed by atoms with Gasteiger partial charge in [0, 0.05) is 7.05 Å². The number of fused-ring (bicyclic) bond motifs is 1. The van der Waals surface area contributed by atoms with Gasteiger partial charge in [0.2, 0.25) is 0 Å². The summed E-state index contributed by atoms with van der Waals surface area (Å²) in [6.45, 7) is 0. The molecule has 0 aliphatic carbocycles. The van der Waals surface area contributed by atoms with Gasteiger partial charge in [-0.05, 0) is 0 Å². The van der Waals surface area contributed by atoms with Gasteiger partial charge in [0.15, 0.2) is 11.5 Å². The van der Waals surface area contributed by atoms with E-state index >= 15 is 0 Å². The second-order valence-electron chi connectivity index (χ2n) is 2.42. The van der Waals surface area contributed by atoms with Crippen molar-refractivity contribution < 1.29 is 0 Å². The number of aromatic nitrogens is 2. The predicted octanol–water partition coefficient (Wildman–Crippen LogP) is -1.67. The normalized spacial score (nSPS) is 13.4. The molecular weight excluding hydrogens is 162 g/mol. The van der Waals surface area contributed by atoms with Crippen LogP contribution in [0.15, 0.2) is 9.59 Å². The molecule has 0 spiro atoms. The van der Waals surface area contributed by atoms with Crippen LogP contribution in [0, 0.1) is 0 Å². The van der Waals surface area contributed by atoms with Gasteiger partial charge in [-0.15, -0.1) is 5.53 Å². The average molecular weight is 169 g/mol. The van der Waals surface area contributed by atoms with Crippen LogP contribution in [0.1, 0.15) is 0 Å². The Bertz CT molecular complexity index is 430. The smallest absolute Gasteiger partial charge is 0.296 e. The third kappa shape index (κ3) is 0.735. The highest BCUT2D eigenvalue weighted by atomic mass is 16.2. The molecule has 7 heteroatoms. The molecule has 1 aliphatic rings. The van der Waals surface area contributed by atoms with Crippen LogP contribution in [0.5, 0.6) is 0 Å². The third-order valence-corrected chi connectivity index (χ3v) is 1.69. The minimum absolute atomic E-state index is 0.317. The Labute approximate surface area is 66.4 Å². The Morgan fingerprint density at radius 1 is 1.25 bits per heavy atom. The van der Waals surface area contributed by atoms with Crippen molar-refractivity contribution in [2.45, 2.75) is 0 Å². The maximum atomic E-state index is 11.1. The first-order valence-corrected chi connectivity index (χ1v) is 3.30. The predicted molar refractivity (Wildman–Crippen MR) is 42.7 cm³/mol. The molecule has 7 nitrogen and oxygen atoms in total. The highest BCUT2D eigenvalue weighted by Crippen LogP contribution is 2.14. The molecule has 0 saturated carbocycles. The molecule has 0 fully saturated rings. The highest BCUT2D eigenvalue weighted by Gasteiger charge is 2.16. The van der Waals surface area contributed by atoms with E-state index in [1.807, 2.05) is 0 Å². The van der Waals surface area contributed by atoms with Crippen molar-refractivity contribution in [1.29, 1.82) is 0 Å². The lowest BCUT2D eigenvalue weighted by Crippen LogP contribution is -2.29. The topological polar surface area (TPSA) is 91.0 Å². The summed E-state index contributed by atoms with van der Waals surface area (Å²) in [6.07, 6.45) is 0. The number of anilines is 2. The summed E-state index contributed by atoms with van der Waals surface area (Å²) in [6, 6.07) is 0. The molecule has 12 heavy (non-hydrogen) atoms. The largest absolute Gasteiger partial charge is 0.329 e. The fourth-order valence-corrected chi connectivity index (χ4v) is 1.04. The van der Waals surface area contributed by atoms with Crippen LogP contribution < -0.4 is 27.6 Å². The number of aromatic amines is 1. The first-order valence-electron chi connectivity index (χ1n) is 3.30. The third-order valence-electron chi connectivity index (χ3n) is 1.69. The van der Waals surface area contributed by atoms with Gasteiger partial charge in [0.05, 0.1) is 0 Å². The molecule has 0 saturated heterocycles. The van der Waals surface area contributed by atoms with E-state index < -0.39 is 11.2 Å². The summed E-state index contributed by atoms with van der Waals surface area (Å²) in [7, 11) is 1.55. The van der Waals surface area contributed by atoms with E-state index in [0.29, 0.717) is 11.5 Å². The zero-order valence-corrected chi connectivity index (χ0v) is 6.26. The Morgan fingerprint density at radius 2 is 2.00 bits per heavy atom. The molecule has 0 amide bonds. The first kappa shape index (κ1) is 6.92. The maximum Gasteiger partial charge on any atom is 0.329 e. The molecule has 0 bridgehead atoms. The van der Waals surface area contributed by atoms with E-state index in [9.17, 15) is 9.59 Å². The second-order valence-corrected chi connectivity index (χ2v) is 2.42. The van der Waals surface area contributed by atoms with E-state index in [1.54, 1.807) is 7.05 Å². The molecule has 1 aliphatic heterocycles. The number of hydrogen-bond acceptors (Lipinski definition) is 5. The molecule has 2 heterocycles. The SMILES string of the molecule is Cn1c2c(c(=O)[nH]c1=O)NNN2. The minimum atomic E-state index is -0.447. The van der Waals surface area contributed by atoms with Crippen molar-refractivity contribution in [1.82, 2.24) is 15.1 Å². The van der Waals surface area contributed by atoms with Crippen molar-refractivity contribution in [3.63, 3.8) is 0 Å². The fraction of sp³-hybridized carbons (Fsp3) is 0.200. The number of nitrogens with zero attached hydrogens (tertiary/aromatic N) is 1. The van der Waals surface area contributed by atoms with Crippen molar-refractivity contribution >= 4 is 11.5 Å². The number of hydrazine groups is 2. The number of H-pyrrole nitrogens is 1. The zero-order chi connectivity index (χ0) is 8.72. The Morgan fingerprint density at radius 3 is 2.75 bits per heavy atom. The van der Waals surface area contributed by atoms with Crippen molar-refractivity contribution in [3.8, 4) is 0 Å². The Balaban J connectivity index is 2.87. The summed E-state index contributed by atoms with van der Waals surface area (Å²) in [5, 5.41) is 0. The summed E-state index contributed by atoms with van der Waals surface area (Å²) in [5.41, 5.74) is 7.15. The van der Waals surface area contributed by atoms with E-state index in [2.05, 4.69) is 21.4 Å². The molecule has 0 radical (unpaired) electrons. The van der Waals surface area contributed by atoms with E-state index in [-0.39, 0.29) is 0 Å². The fourth-order valence-electron chi connectivity index (χ4n) is 1.04. The number of rotatable bonds is 0. The first-order chi connectivity index (χ1) is 5.70. The summed E-state index contributed by atoms with van der Waals surface area (Å²) in [4.78, 5) is 24.2. The summed E-state index contributed by atoms with van der Waals surface area (Å²) >= 11 is 0. The van der Waals surface area contributed by atoms with Gasteiger partial charge >= 0.3 is 5.69 Å². The molecule has 1 aromatic rings. The van der Waals surface area contributed by atoms with Gasteiger partial charge in [-0.25, -0.2) is 4.79 Å². The molecule has 1 aromatic heterocycles. The van der Waals surface area contributed by atoms with Crippen LogP contribution in [0.4, 0.5) is 11.5 Å². The second kappa shape index (κ2) is 2.11. The van der Waals surface area contributed by atoms with E-state index in [0.717, 1.165) is 0 Å². The summed E-state index contributed by atoms with van der Waals surface area (Å²) in [5.74, 6) is 0.434. The lowest BCUT2D eigenvalue weighted by molar-refractivity contribution is 0.811. The van der Waals surface area contributed by atoms with Crippen LogP contribution in [0.3, 0.4) is 0 Å². The maximum absolute atomic E-state index is 11.1. The molecule has 0 aromatic carbocycles. The Hall–Kier alpha value is -1.76. The molecule has 64 valence electrons. The average Bonchev–Trinajstić information content (AvgIpc) is 2.48. The lowest BCUT2D eigenvalue weighted by atomic mass is 10.5. The van der Waals surface area contributed by atoms with Gasteiger partial charge in [-0.1, -0.05) is 0 Å². The van der Waals surface area contributed by atoms with Crippen LogP contribution >= 0.6 is 0 Å². The van der Waals surface area contributed by atoms with E-state index in [1.165, 1.54) is 4.57 Å². The van der Waals surface area contributed by atoms with E-state index in [4.69, 9.17) is 0 Å². The van der Waals surface area contributed by atoms with Crippen LogP contribution in [0.2, 0.25) is 0 Å². The quantitative estimate of drug-likeness (QED) is 0.373. The van der Waals surface area contributed by atoms with Crippen molar-refractivity contribution in [3.05, 3.63) is 20.8 Å². The lowest BCUT2D eigenvalue weighted by Gasteiger charge is -2.01. The molecule has 0 atom stereocenters. The van der Waals surface area contributed by atoms with Crippen molar-refractivity contribution in [2.75, 3.05) is 10.9 Å². The minimum Gasteiger partial charge on any atom is -0.296 e. The monoisotopic (exact) mass is 169 g/mol. The highest BCUT2D eigenvalue weighted by molar-refractivity contribution is 5.65. The molecule has 2 rings (SSSR count). The Kier molecular flexibility index (Phi) is 1.22. The van der Waals surface area contributed by atoms with Crippen LogP contribution in [-0.4, -0.2) is 9.55 Å². The van der Waals surface area contributed by atoms with Crippen LogP contribution in [-0.2, 0) is 7.05 Å². The summed E-state index contributed by atoms with van der Waals surface area (Å²) < 4.78 is 1.30. The molecular formula is C5H7N5O2. The van der Waals surface area contributed by atoms with Gasteiger partial charge in [-0.2, -0.15) is 0 Å².